The summed E-state index contributed by atoms with van der Waals surface area (Å²) in [5, 5.41) is 9.23. The average molecular weight is 444 g/mol. The molecule has 0 saturated heterocycles. The quantitative estimate of drug-likeness (QED) is 0.320. The van der Waals surface area contributed by atoms with Crippen LogP contribution >= 0.6 is 34.5 Å². The van der Waals surface area contributed by atoms with E-state index >= 15 is 0 Å². The van der Waals surface area contributed by atoms with E-state index in [0.29, 0.717) is 21.2 Å². The van der Waals surface area contributed by atoms with E-state index < -0.39 is 11.8 Å². The third-order valence-corrected chi connectivity index (χ3v) is 5.20. The lowest BCUT2D eigenvalue weighted by Crippen LogP contribution is -2.32. The normalized spacial score (nSPS) is 11.4. The topological polar surface area (TPSA) is 70.6 Å². The average Bonchev–Trinajstić information content (AvgIpc) is 3.23. The van der Waals surface area contributed by atoms with Crippen molar-refractivity contribution < 1.29 is 9.59 Å². The molecule has 2 amide bonds. The number of amides is 2. The molecule has 5 nitrogen and oxygen atoms in total. The molecule has 0 spiro atoms. The number of carbonyl (C=O) groups is 2. The third-order valence-electron chi connectivity index (χ3n) is 3.72. The predicted octanol–water partition coefficient (Wildman–Crippen LogP) is 4.98. The minimum Gasteiger partial charge on any atom is -0.317 e. The van der Waals surface area contributed by atoms with Crippen LogP contribution in [0.1, 0.15) is 20.8 Å². The molecular formula is C21H15Cl2N3O2S. The molecule has 0 fully saturated rings. The monoisotopic (exact) mass is 443 g/mol. The van der Waals surface area contributed by atoms with Crippen molar-refractivity contribution in [1.82, 2.24) is 10.7 Å². The highest BCUT2D eigenvalue weighted by atomic mass is 35.5. The maximum atomic E-state index is 12.6. The van der Waals surface area contributed by atoms with Gasteiger partial charge in [0.05, 0.1) is 16.3 Å². The van der Waals surface area contributed by atoms with Crippen molar-refractivity contribution in [2.24, 2.45) is 5.10 Å². The second-order valence-electron chi connectivity index (χ2n) is 5.73. The van der Waals surface area contributed by atoms with Gasteiger partial charge in [0.15, 0.2) is 0 Å². The van der Waals surface area contributed by atoms with Crippen LogP contribution in [0.3, 0.4) is 0 Å². The Labute approximate surface area is 181 Å². The number of thiophene rings is 1. The van der Waals surface area contributed by atoms with E-state index in [2.05, 4.69) is 15.8 Å². The largest absolute Gasteiger partial charge is 0.317 e. The molecule has 2 N–H and O–H groups in total. The first-order chi connectivity index (χ1) is 14.0. The van der Waals surface area contributed by atoms with Gasteiger partial charge in [0.2, 0.25) is 0 Å². The Hall–Kier alpha value is -2.93. The van der Waals surface area contributed by atoms with E-state index in [1.54, 1.807) is 54.6 Å². The van der Waals surface area contributed by atoms with E-state index in [-0.39, 0.29) is 5.70 Å². The van der Waals surface area contributed by atoms with E-state index in [9.17, 15) is 9.59 Å². The molecule has 0 aliphatic heterocycles. The molecule has 0 bridgehead atoms. The Bertz CT molecular complexity index is 1040. The molecular weight excluding hydrogens is 429 g/mol. The molecule has 0 aliphatic rings. The van der Waals surface area contributed by atoms with Gasteiger partial charge in [-0.3, -0.25) is 9.59 Å². The smallest absolute Gasteiger partial charge is 0.287 e. The number of hydrogen-bond donors (Lipinski definition) is 2. The van der Waals surface area contributed by atoms with Crippen LogP contribution < -0.4 is 10.7 Å². The Kier molecular flexibility index (Phi) is 7.19. The molecule has 1 heterocycles. The molecule has 8 heteroatoms. The second kappa shape index (κ2) is 10.0. The number of hydrogen-bond acceptors (Lipinski definition) is 4. The van der Waals surface area contributed by atoms with Crippen molar-refractivity contribution in [2.45, 2.75) is 0 Å². The van der Waals surface area contributed by atoms with Crippen LogP contribution in [-0.2, 0) is 4.79 Å². The summed E-state index contributed by atoms with van der Waals surface area (Å²) < 4.78 is 0. The fourth-order valence-electron chi connectivity index (χ4n) is 2.31. The fraction of sp³-hybridized carbons (Fsp3) is 0. The van der Waals surface area contributed by atoms with Gasteiger partial charge in [-0.25, -0.2) is 5.43 Å². The van der Waals surface area contributed by atoms with Gasteiger partial charge in [-0.05, 0) is 41.8 Å². The zero-order valence-electron chi connectivity index (χ0n) is 14.9. The number of halogens is 2. The van der Waals surface area contributed by atoms with E-state index in [0.717, 1.165) is 4.88 Å². The Morgan fingerprint density at radius 1 is 0.931 bits per heavy atom. The number of rotatable bonds is 6. The summed E-state index contributed by atoms with van der Waals surface area (Å²) in [4.78, 5) is 25.9. The highest BCUT2D eigenvalue weighted by Crippen LogP contribution is 2.22. The summed E-state index contributed by atoms with van der Waals surface area (Å²) >= 11 is 13.6. The van der Waals surface area contributed by atoms with Gasteiger partial charge in [0.25, 0.3) is 11.8 Å². The minimum absolute atomic E-state index is 0.0590. The van der Waals surface area contributed by atoms with Gasteiger partial charge < -0.3 is 5.32 Å². The van der Waals surface area contributed by atoms with E-state index in [1.807, 2.05) is 17.5 Å². The van der Waals surface area contributed by atoms with Crippen molar-refractivity contribution in [1.29, 1.82) is 0 Å². The summed E-state index contributed by atoms with van der Waals surface area (Å²) in [5.74, 6) is -0.983. The summed E-state index contributed by atoms with van der Waals surface area (Å²) in [6.45, 7) is 0. The summed E-state index contributed by atoms with van der Waals surface area (Å²) in [6, 6.07) is 17.3. The lowest BCUT2D eigenvalue weighted by Gasteiger charge is -2.09. The number of nitrogens with zero attached hydrogens (tertiary/aromatic N) is 1. The van der Waals surface area contributed by atoms with Crippen molar-refractivity contribution in [2.75, 3.05) is 0 Å². The SMILES string of the molecule is O=C(NN=Cc1c(Cl)cccc1Cl)C(=Cc1cccs1)NC(=O)c1ccccc1. The Morgan fingerprint density at radius 2 is 1.66 bits per heavy atom. The zero-order valence-corrected chi connectivity index (χ0v) is 17.3. The maximum Gasteiger partial charge on any atom is 0.287 e. The first-order valence-electron chi connectivity index (χ1n) is 8.43. The van der Waals surface area contributed by atoms with Crippen LogP contribution in [0.4, 0.5) is 0 Å². The highest BCUT2D eigenvalue weighted by Gasteiger charge is 2.14. The van der Waals surface area contributed by atoms with Gasteiger partial charge in [-0.1, -0.05) is 53.5 Å². The molecule has 0 saturated carbocycles. The predicted molar refractivity (Wildman–Crippen MR) is 118 cm³/mol. The number of carbonyl (C=O) groups excluding carboxylic acids is 2. The maximum absolute atomic E-state index is 12.6. The van der Waals surface area contributed by atoms with Crippen LogP contribution in [0.15, 0.2) is 76.8 Å². The molecule has 3 aromatic rings. The second-order valence-corrected chi connectivity index (χ2v) is 7.52. The zero-order chi connectivity index (χ0) is 20.6. The number of nitrogens with one attached hydrogen (secondary N) is 2. The van der Waals surface area contributed by atoms with Crippen LogP contribution in [0.5, 0.6) is 0 Å². The Morgan fingerprint density at radius 3 is 2.31 bits per heavy atom. The third kappa shape index (κ3) is 5.77. The van der Waals surface area contributed by atoms with E-state index in [4.69, 9.17) is 23.2 Å². The molecule has 0 radical (unpaired) electrons. The highest BCUT2D eigenvalue weighted by molar-refractivity contribution is 7.10. The summed E-state index contributed by atoms with van der Waals surface area (Å²) in [5.41, 5.74) is 3.36. The molecule has 0 aliphatic carbocycles. The minimum atomic E-state index is -0.581. The lowest BCUT2D eigenvalue weighted by molar-refractivity contribution is -0.117. The Balaban J connectivity index is 1.78. The fourth-order valence-corrected chi connectivity index (χ4v) is 3.46. The molecule has 0 unspecified atom stereocenters. The van der Waals surface area contributed by atoms with Crippen molar-refractivity contribution in [3.8, 4) is 0 Å². The summed E-state index contributed by atoms with van der Waals surface area (Å²) in [6.07, 6.45) is 2.93. The molecule has 146 valence electrons. The van der Waals surface area contributed by atoms with Crippen molar-refractivity contribution in [3.05, 3.63) is 97.8 Å². The van der Waals surface area contributed by atoms with Gasteiger partial charge in [0.1, 0.15) is 5.70 Å². The van der Waals surface area contributed by atoms with Crippen LogP contribution in [0.2, 0.25) is 10.0 Å². The van der Waals surface area contributed by atoms with Gasteiger partial charge in [0, 0.05) is 16.0 Å². The molecule has 3 rings (SSSR count). The number of hydrazone groups is 1. The molecule has 1 aromatic heterocycles. The lowest BCUT2D eigenvalue weighted by atomic mass is 10.2. The first kappa shape index (κ1) is 20.8. The van der Waals surface area contributed by atoms with Crippen molar-refractivity contribution in [3.63, 3.8) is 0 Å². The van der Waals surface area contributed by atoms with Crippen LogP contribution in [-0.4, -0.2) is 18.0 Å². The van der Waals surface area contributed by atoms with Gasteiger partial charge >= 0.3 is 0 Å². The molecule has 29 heavy (non-hydrogen) atoms. The summed E-state index contributed by atoms with van der Waals surface area (Å²) in [7, 11) is 0. The van der Waals surface area contributed by atoms with Crippen LogP contribution in [0, 0.1) is 0 Å². The first-order valence-corrected chi connectivity index (χ1v) is 10.1. The molecule has 2 aromatic carbocycles. The van der Waals surface area contributed by atoms with Crippen molar-refractivity contribution >= 4 is 58.6 Å². The van der Waals surface area contributed by atoms with Gasteiger partial charge in [-0.2, -0.15) is 5.10 Å². The van der Waals surface area contributed by atoms with Crippen LogP contribution in [0.25, 0.3) is 6.08 Å². The van der Waals surface area contributed by atoms with Gasteiger partial charge in [-0.15, -0.1) is 11.3 Å². The van der Waals surface area contributed by atoms with E-state index in [1.165, 1.54) is 17.6 Å². The standard InChI is InChI=1S/C21H15Cl2N3O2S/c22-17-9-4-10-18(23)16(17)13-24-26-21(28)19(12-15-8-5-11-29-15)25-20(27)14-6-2-1-3-7-14/h1-13H,(H,25,27)(H,26,28). The molecule has 0 atom stereocenters. The number of benzene rings is 2.